The molecule has 0 amide bonds. The average Bonchev–Trinajstić information content (AvgIpc) is 2.69. The predicted molar refractivity (Wildman–Crippen MR) is 86.0 cm³/mol. The van der Waals surface area contributed by atoms with Gasteiger partial charge in [0.1, 0.15) is 0 Å². The van der Waals surface area contributed by atoms with E-state index in [-0.39, 0.29) is 0 Å². The van der Waals surface area contributed by atoms with Crippen LogP contribution in [-0.2, 0) is 13.0 Å². The highest BCUT2D eigenvalue weighted by molar-refractivity contribution is 6.05. The van der Waals surface area contributed by atoms with E-state index >= 15 is 0 Å². The number of nitrogens with two attached hydrogens (primary N) is 1. The van der Waals surface area contributed by atoms with E-state index in [9.17, 15) is 9.90 Å². The van der Waals surface area contributed by atoms with Crippen molar-refractivity contribution in [3.8, 4) is 0 Å². The van der Waals surface area contributed by atoms with Gasteiger partial charge >= 0.3 is 5.97 Å². The number of rotatable bonds is 6. The monoisotopic (exact) mass is 288 g/mol. The molecule has 1 heterocycles. The molecule has 4 heteroatoms. The molecule has 1 aromatic heterocycles. The first kappa shape index (κ1) is 15.6. The molecule has 114 valence electrons. The topological polar surface area (TPSA) is 68.2 Å². The fourth-order valence-electron chi connectivity index (χ4n) is 3.09. The molecule has 0 saturated carbocycles. The smallest absolute Gasteiger partial charge is 0.338 e. The molecule has 0 fully saturated rings. The van der Waals surface area contributed by atoms with Crippen molar-refractivity contribution in [1.29, 1.82) is 0 Å². The molecule has 1 aromatic carbocycles. The molecule has 2 rings (SSSR count). The Balaban J connectivity index is 2.80. The van der Waals surface area contributed by atoms with Crippen LogP contribution in [0.5, 0.6) is 0 Å². The minimum Gasteiger partial charge on any atom is -0.478 e. The van der Waals surface area contributed by atoms with Crippen LogP contribution >= 0.6 is 0 Å². The van der Waals surface area contributed by atoms with E-state index in [0.29, 0.717) is 18.7 Å². The lowest BCUT2D eigenvalue weighted by molar-refractivity contribution is 0.0698. The van der Waals surface area contributed by atoms with Crippen LogP contribution in [0, 0.1) is 13.8 Å². The number of carbonyl (C=O) groups is 1. The van der Waals surface area contributed by atoms with E-state index in [4.69, 9.17) is 5.73 Å². The molecule has 0 spiro atoms. The van der Waals surface area contributed by atoms with Gasteiger partial charge in [0.25, 0.3) is 0 Å². The number of aryl methyl sites for hydroxylation is 2. The highest BCUT2D eigenvalue weighted by Gasteiger charge is 2.20. The fraction of sp³-hybridized carbons (Fsp3) is 0.471. The zero-order chi connectivity index (χ0) is 15.6. The second kappa shape index (κ2) is 6.31. The third-order valence-corrected chi connectivity index (χ3v) is 4.17. The molecule has 0 saturated heterocycles. The summed E-state index contributed by atoms with van der Waals surface area (Å²) in [4.78, 5) is 11.7. The van der Waals surface area contributed by atoms with Crippen molar-refractivity contribution in [2.24, 2.45) is 5.73 Å². The minimum atomic E-state index is -0.865. The number of carboxylic acids is 1. The lowest BCUT2D eigenvalue weighted by Crippen LogP contribution is -2.13. The van der Waals surface area contributed by atoms with E-state index in [1.54, 1.807) is 0 Å². The van der Waals surface area contributed by atoms with Crippen LogP contribution < -0.4 is 5.73 Å². The first-order chi connectivity index (χ1) is 10.0. The van der Waals surface area contributed by atoms with Gasteiger partial charge in [-0.2, -0.15) is 0 Å². The maximum absolute atomic E-state index is 11.7. The normalized spacial score (nSPS) is 11.2. The average molecular weight is 288 g/mol. The Morgan fingerprint density at radius 3 is 2.62 bits per heavy atom. The zero-order valence-electron chi connectivity index (χ0n) is 13.1. The van der Waals surface area contributed by atoms with Crippen molar-refractivity contribution >= 4 is 16.9 Å². The number of unbranched alkanes of at least 4 members (excludes halogenated alkanes) is 1. The molecule has 3 N–H and O–H groups in total. The van der Waals surface area contributed by atoms with Gasteiger partial charge in [-0.3, -0.25) is 0 Å². The molecular formula is C17H24N2O2. The Kier molecular flexibility index (Phi) is 4.68. The molecule has 0 atom stereocenters. The number of aromatic carboxylic acids is 1. The summed E-state index contributed by atoms with van der Waals surface area (Å²) in [6.45, 7) is 7.25. The van der Waals surface area contributed by atoms with Crippen molar-refractivity contribution in [2.45, 2.75) is 46.6 Å². The quantitative estimate of drug-likeness (QED) is 0.857. The molecule has 0 aliphatic heterocycles. The van der Waals surface area contributed by atoms with Crippen LogP contribution in [0.15, 0.2) is 12.1 Å². The van der Waals surface area contributed by atoms with Crippen molar-refractivity contribution in [2.75, 3.05) is 6.54 Å². The summed E-state index contributed by atoms with van der Waals surface area (Å²) in [6, 6.07) is 3.97. The Labute approximate surface area is 125 Å². The van der Waals surface area contributed by atoms with Crippen molar-refractivity contribution < 1.29 is 9.90 Å². The van der Waals surface area contributed by atoms with Gasteiger partial charge in [0.05, 0.1) is 11.1 Å². The molecule has 4 nitrogen and oxygen atoms in total. The van der Waals surface area contributed by atoms with Crippen LogP contribution in [0.1, 0.15) is 46.9 Å². The van der Waals surface area contributed by atoms with Gasteiger partial charge in [0.2, 0.25) is 0 Å². The summed E-state index contributed by atoms with van der Waals surface area (Å²) < 4.78 is 2.08. The van der Waals surface area contributed by atoms with E-state index < -0.39 is 5.97 Å². The third-order valence-electron chi connectivity index (χ3n) is 4.17. The summed E-state index contributed by atoms with van der Waals surface area (Å²) in [5.41, 5.74) is 10.2. The Bertz CT molecular complexity index is 671. The van der Waals surface area contributed by atoms with Crippen LogP contribution in [-0.4, -0.2) is 22.2 Å². The standard InChI is InChI=1S/C17H24N2O2/c1-4-5-6-13-12(3)19(10-9-18)16-14(13)8-7-11(2)15(16)17(20)21/h7-8H,4-6,9-10,18H2,1-3H3,(H,20,21). The highest BCUT2D eigenvalue weighted by atomic mass is 16.4. The van der Waals surface area contributed by atoms with E-state index in [1.807, 2.05) is 13.0 Å². The lowest BCUT2D eigenvalue weighted by atomic mass is 10.0. The van der Waals surface area contributed by atoms with Gasteiger partial charge in [0, 0.05) is 24.2 Å². The summed E-state index contributed by atoms with van der Waals surface area (Å²) in [6.07, 6.45) is 3.22. The molecule has 2 aromatic rings. The summed E-state index contributed by atoms with van der Waals surface area (Å²) in [5.74, 6) is -0.865. The number of hydrogen-bond donors (Lipinski definition) is 2. The fourth-order valence-corrected chi connectivity index (χ4v) is 3.09. The molecule has 0 bridgehead atoms. The number of carboxylic acid groups (broad SMARTS) is 1. The number of nitrogens with zero attached hydrogens (tertiary/aromatic N) is 1. The van der Waals surface area contributed by atoms with Gasteiger partial charge in [-0.15, -0.1) is 0 Å². The lowest BCUT2D eigenvalue weighted by Gasteiger charge is -2.10. The number of aromatic nitrogens is 1. The molecule has 0 aliphatic rings. The van der Waals surface area contributed by atoms with Crippen LogP contribution in [0.2, 0.25) is 0 Å². The van der Waals surface area contributed by atoms with Crippen molar-refractivity contribution in [1.82, 2.24) is 4.57 Å². The molecule has 0 radical (unpaired) electrons. The van der Waals surface area contributed by atoms with Gasteiger partial charge in [-0.1, -0.05) is 25.5 Å². The SMILES string of the molecule is CCCCc1c(C)n(CCN)c2c(C(=O)O)c(C)ccc12. The minimum absolute atomic E-state index is 0.409. The predicted octanol–water partition coefficient (Wildman–Crippen LogP) is 3.26. The van der Waals surface area contributed by atoms with Gasteiger partial charge < -0.3 is 15.4 Å². The molecule has 0 aliphatic carbocycles. The maximum atomic E-state index is 11.7. The van der Waals surface area contributed by atoms with E-state index in [2.05, 4.69) is 24.5 Å². The van der Waals surface area contributed by atoms with Gasteiger partial charge in [0.15, 0.2) is 0 Å². The first-order valence-corrected chi connectivity index (χ1v) is 7.57. The Hall–Kier alpha value is -1.81. The van der Waals surface area contributed by atoms with Gasteiger partial charge in [-0.25, -0.2) is 4.79 Å². The summed E-state index contributed by atoms with van der Waals surface area (Å²) in [7, 11) is 0. The van der Waals surface area contributed by atoms with Crippen LogP contribution in [0.25, 0.3) is 10.9 Å². The van der Waals surface area contributed by atoms with E-state index in [0.717, 1.165) is 41.4 Å². The van der Waals surface area contributed by atoms with Crippen LogP contribution in [0.3, 0.4) is 0 Å². The number of hydrogen-bond acceptors (Lipinski definition) is 2. The molecule has 21 heavy (non-hydrogen) atoms. The van der Waals surface area contributed by atoms with Crippen molar-refractivity contribution in [3.63, 3.8) is 0 Å². The Morgan fingerprint density at radius 2 is 2.05 bits per heavy atom. The zero-order valence-corrected chi connectivity index (χ0v) is 13.1. The second-order valence-corrected chi connectivity index (χ2v) is 5.57. The Morgan fingerprint density at radius 1 is 1.33 bits per heavy atom. The van der Waals surface area contributed by atoms with Crippen LogP contribution in [0.4, 0.5) is 0 Å². The largest absolute Gasteiger partial charge is 0.478 e. The highest BCUT2D eigenvalue weighted by Crippen LogP contribution is 2.31. The number of fused-ring (bicyclic) bond motifs is 1. The first-order valence-electron chi connectivity index (χ1n) is 7.57. The second-order valence-electron chi connectivity index (χ2n) is 5.57. The number of benzene rings is 1. The summed E-state index contributed by atoms with van der Waals surface area (Å²) in [5, 5.41) is 10.7. The maximum Gasteiger partial charge on any atom is 0.338 e. The molecule has 0 unspecified atom stereocenters. The van der Waals surface area contributed by atoms with Crippen molar-refractivity contribution in [3.05, 3.63) is 34.5 Å². The summed E-state index contributed by atoms with van der Waals surface area (Å²) >= 11 is 0. The van der Waals surface area contributed by atoms with Gasteiger partial charge in [-0.05, 0) is 37.8 Å². The third kappa shape index (κ3) is 2.68. The van der Waals surface area contributed by atoms with E-state index in [1.165, 1.54) is 5.56 Å². The molecular weight excluding hydrogens is 264 g/mol.